The number of aromatic nitrogens is 4. The van der Waals surface area contributed by atoms with Gasteiger partial charge in [0.25, 0.3) is 0 Å². The summed E-state index contributed by atoms with van der Waals surface area (Å²) in [5.41, 5.74) is 2.92. The fourth-order valence-electron chi connectivity index (χ4n) is 3.13. The number of hydrogen-bond donors (Lipinski definition) is 1. The molecule has 7 nitrogen and oxygen atoms in total. The molecule has 0 bridgehead atoms. The van der Waals surface area contributed by atoms with Crippen LogP contribution in [0, 0.1) is 11.3 Å². The highest BCUT2D eigenvalue weighted by Gasteiger charge is 2.22. The Morgan fingerprint density at radius 3 is 2.53 bits per heavy atom. The molecule has 1 N–H and O–H groups in total. The lowest BCUT2D eigenvalue weighted by Crippen LogP contribution is -2.23. The molecular weight excluding hydrogens is 420 g/mol. The van der Waals surface area contributed by atoms with Gasteiger partial charge in [-0.05, 0) is 36.8 Å². The average Bonchev–Trinajstić information content (AvgIpc) is 3.22. The fraction of sp³-hybridized carbons (Fsp3) is 0.125. The Hall–Kier alpha value is -3.96. The van der Waals surface area contributed by atoms with E-state index in [-0.39, 0.29) is 5.91 Å². The highest BCUT2D eigenvalue weighted by atomic mass is 32.2. The third-order valence-electron chi connectivity index (χ3n) is 4.80. The van der Waals surface area contributed by atoms with E-state index in [1.165, 1.54) is 11.8 Å². The lowest BCUT2D eigenvalue weighted by molar-refractivity contribution is -0.115. The predicted octanol–water partition coefficient (Wildman–Crippen LogP) is 4.38. The second-order valence-electron chi connectivity index (χ2n) is 7.02. The number of carbonyl (C=O) groups excluding carboxylic acids is 1. The van der Waals surface area contributed by atoms with Gasteiger partial charge >= 0.3 is 0 Å². The Morgan fingerprint density at radius 2 is 1.78 bits per heavy atom. The van der Waals surface area contributed by atoms with E-state index in [9.17, 15) is 10.1 Å². The first kappa shape index (κ1) is 21.3. The number of carbonyl (C=O) groups is 1. The van der Waals surface area contributed by atoms with Crippen LogP contribution in [-0.2, 0) is 11.3 Å². The standard InChI is InChI=1S/C24H20N6OS/c1-17(23(31)27-21-10-6-5-9-20(21)15-25)32-24-29-28-22(19-11-13-26-14-12-19)30(24)16-18-7-3-2-4-8-18/h2-14,17H,16H2,1H3,(H,27,31). The molecule has 0 spiro atoms. The van der Waals surface area contributed by atoms with Crippen molar-refractivity contribution in [2.45, 2.75) is 23.9 Å². The number of anilines is 1. The number of nitriles is 1. The van der Waals surface area contributed by atoms with E-state index < -0.39 is 5.25 Å². The Labute approximate surface area is 190 Å². The van der Waals surface area contributed by atoms with Crippen LogP contribution in [0.5, 0.6) is 0 Å². The highest BCUT2D eigenvalue weighted by molar-refractivity contribution is 8.00. The van der Waals surface area contributed by atoms with Crippen molar-refractivity contribution in [1.29, 1.82) is 5.26 Å². The van der Waals surface area contributed by atoms with E-state index >= 15 is 0 Å². The van der Waals surface area contributed by atoms with Crippen molar-refractivity contribution in [1.82, 2.24) is 19.7 Å². The lowest BCUT2D eigenvalue weighted by atomic mass is 10.2. The van der Waals surface area contributed by atoms with Crippen LogP contribution < -0.4 is 5.32 Å². The lowest BCUT2D eigenvalue weighted by Gasteiger charge is -2.14. The molecule has 2 aromatic heterocycles. The van der Waals surface area contributed by atoms with Crippen molar-refractivity contribution in [3.05, 3.63) is 90.3 Å². The summed E-state index contributed by atoms with van der Waals surface area (Å²) in [4.78, 5) is 16.9. The van der Waals surface area contributed by atoms with Crippen molar-refractivity contribution in [3.63, 3.8) is 0 Å². The third-order valence-corrected chi connectivity index (χ3v) is 5.88. The van der Waals surface area contributed by atoms with Gasteiger partial charge in [-0.15, -0.1) is 10.2 Å². The minimum Gasteiger partial charge on any atom is -0.324 e. The minimum atomic E-state index is -0.453. The summed E-state index contributed by atoms with van der Waals surface area (Å²) in [6, 6.07) is 22.8. The number of benzene rings is 2. The van der Waals surface area contributed by atoms with Gasteiger partial charge in [0.05, 0.1) is 23.0 Å². The molecule has 0 fully saturated rings. The molecule has 4 aromatic rings. The van der Waals surface area contributed by atoms with E-state index in [2.05, 4.69) is 26.6 Å². The van der Waals surface area contributed by atoms with E-state index in [1.54, 1.807) is 36.7 Å². The number of hydrogen-bond acceptors (Lipinski definition) is 6. The van der Waals surface area contributed by atoms with E-state index in [0.29, 0.717) is 28.8 Å². The molecule has 2 aromatic carbocycles. The van der Waals surface area contributed by atoms with Crippen LogP contribution >= 0.6 is 11.8 Å². The Balaban J connectivity index is 1.59. The van der Waals surface area contributed by atoms with Crippen LogP contribution in [0.15, 0.2) is 84.3 Å². The third kappa shape index (κ3) is 4.85. The van der Waals surface area contributed by atoms with Crippen LogP contribution in [0.4, 0.5) is 5.69 Å². The fourth-order valence-corrected chi connectivity index (χ4v) is 3.98. The van der Waals surface area contributed by atoms with Gasteiger partial charge in [-0.25, -0.2) is 0 Å². The molecule has 0 aliphatic heterocycles. The molecule has 0 saturated heterocycles. The van der Waals surface area contributed by atoms with E-state index in [0.717, 1.165) is 11.1 Å². The maximum atomic E-state index is 12.8. The molecule has 0 aliphatic carbocycles. The van der Waals surface area contributed by atoms with Gasteiger partial charge in [-0.3, -0.25) is 14.3 Å². The van der Waals surface area contributed by atoms with Gasteiger partial charge in [-0.2, -0.15) is 5.26 Å². The van der Waals surface area contributed by atoms with E-state index in [4.69, 9.17) is 0 Å². The summed E-state index contributed by atoms with van der Waals surface area (Å²) in [7, 11) is 0. The molecule has 1 unspecified atom stereocenters. The number of nitrogens with one attached hydrogen (secondary N) is 1. The number of para-hydroxylation sites is 1. The molecule has 1 atom stereocenters. The minimum absolute atomic E-state index is 0.211. The van der Waals surface area contributed by atoms with Crippen LogP contribution in [0.1, 0.15) is 18.1 Å². The zero-order valence-electron chi connectivity index (χ0n) is 17.3. The van der Waals surface area contributed by atoms with Crippen LogP contribution in [0.2, 0.25) is 0 Å². The largest absolute Gasteiger partial charge is 0.324 e. The molecule has 0 aliphatic rings. The molecular formula is C24H20N6OS. The zero-order valence-corrected chi connectivity index (χ0v) is 18.2. The van der Waals surface area contributed by atoms with Crippen molar-refractivity contribution in [2.75, 3.05) is 5.32 Å². The molecule has 2 heterocycles. The Kier molecular flexibility index (Phi) is 6.58. The maximum absolute atomic E-state index is 12.8. The molecule has 32 heavy (non-hydrogen) atoms. The quantitative estimate of drug-likeness (QED) is 0.429. The molecule has 0 radical (unpaired) electrons. The van der Waals surface area contributed by atoms with Crippen LogP contribution in [-0.4, -0.2) is 30.9 Å². The highest BCUT2D eigenvalue weighted by Crippen LogP contribution is 2.28. The second-order valence-corrected chi connectivity index (χ2v) is 8.33. The zero-order chi connectivity index (χ0) is 22.3. The first-order valence-corrected chi connectivity index (χ1v) is 10.9. The number of rotatable bonds is 7. The van der Waals surface area contributed by atoms with Crippen LogP contribution in [0.3, 0.4) is 0 Å². The van der Waals surface area contributed by atoms with Gasteiger partial charge in [0.1, 0.15) is 6.07 Å². The maximum Gasteiger partial charge on any atom is 0.237 e. The van der Waals surface area contributed by atoms with Gasteiger partial charge in [0.2, 0.25) is 5.91 Å². The Morgan fingerprint density at radius 1 is 1.06 bits per heavy atom. The van der Waals surface area contributed by atoms with Gasteiger partial charge in [0, 0.05) is 18.0 Å². The van der Waals surface area contributed by atoms with Crippen molar-refractivity contribution < 1.29 is 4.79 Å². The van der Waals surface area contributed by atoms with Crippen molar-refractivity contribution >= 4 is 23.4 Å². The average molecular weight is 441 g/mol. The number of thioether (sulfide) groups is 1. The number of amides is 1. The topological polar surface area (TPSA) is 96.5 Å². The molecule has 0 saturated carbocycles. The normalized spacial score (nSPS) is 11.5. The van der Waals surface area contributed by atoms with Gasteiger partial charge < -0.3 is 5.32 Å². The second kappa shape index (κ2) is 9.90. The molecule has 4 rings (SSSR count). The molecule has 158 valence electrons. The summed E-state index contributed by atoms with van der Waals surface area (Å²) in [5.74, 6) is 0.499. The smallest absolute Gasteiger partial charge is 0.237 e. The van der Waals surface area contributed by atoms with Crippen molar-refractivity contribution in [3.8, 4) is 17.5 Å². The number of nitrogens with zero attached hydrogens (tertiary/aromatic N) is 5. The predicted molar refractivity (Wildman–Crippen MR) is 124 cm³/mol. The molecule has 1 amide bonds. The Bertz CT molecular complexity index is 1250. The van der Waals surface area contributed by atoms with Gasteiger partial charge in [0.15, 0.2) is 11.0 Å². The van der Waals surface area contributed by atoms with E-state index in [1.807, 2.05) is 54.0 Å². The number of pyridine rings is 1. The summed E-state index contributed by atoms with van der Waals surface area (Å²) < 4.78 is 2.00. The first-order valence-electron chi connectivity index (χ1n) is 10.00. The summed E-state index contributed by atoms with van der Waals surface area (Å²) in [6.45, 7) is 2.38. The first-order chi connectivity index (χ1) is 15.7. The summed E-state index contributed by atoms with van der Waals surface area (Å²) in [6.07, 6.45) is 3.43. The summed E-state index contributed by atoms with van der Waals surface area (Å²) >= 11 is 1.32. The summed E-state index contributed by atoms with van der Waals surface area (Å²) in [5, 5.41) is 21.1. The molecule has 8 heteroatoms. The monoisotopic (exact) mass is 440 g/mol. The van der Waals surface area contributed by atoms with Crippen molar-refractivity contribution in [2.24, 2.45) is 0 Å². The SMILES string of the molecule is CC(Sc1nnc(-c2ccncc2)n1Cc1ccccc1)C(=O)Nc1ccccc1C#N. The van der Waals surface area contributed by atoms with Crippen LogP contribution in [0.25, 0.3) is 11.4 Å². The van der Waals surface area contributed by atoms with Gasteiger partial charge in [-0.1, -0.05) is 54.2 Å².